The van der Waals surface area contributed by atoms with Crippen LogP contribution in [0.25, 0.3) is 0 Å². The summed E-state index contributed by atoms with van der Waals surface area (Å²) < 4.78 is 1.06. The van der Waals surface area contributed by atoms with E-state index >= 15 is 0 Å². The number of anilines is 3. The zero-order chi connectivity index (χ0) is 13.0. The van der Waals surface area contributed by atoms with Crippen molar-refractivity contribution in [1.82, 2.24) is 9.97 Å². The highest BCUT2D eigenvalue weighted by atomic mass is 79.9. The van der Waals surface area contributed by atoms with Gasteiger partial charge in [0.25, 0.3) is 0 Å². The van der Waals surface area contributed by atoms with Crippen molar-refractivity contribution in [3.63, 3.8) is 0 Å². The second-order valence-electron chi connectivity index (χ2n) is 3.73. The molecule has 0 fully saturated rings. The van der Waals surface area contributed by atoms with E-state index in [4.69, 9.17) is 5.73 Å². The van der Waals surface area contributed by atoms with Gasteiger partial charge >= 0.3 is 0 Å². The van der Waals surface area contributed by atoms with Gasteiger partial charge in [-0.1, -0.05) is 28.1 Å². The van der Waals surface area contributed by atoms with E-state index in [9.17, 15) is 0 Å². The molecule has 6 heteroatoms. The van der Waals surface area contributed by atoms with Crippen LogP contribution in [0, 0.1) is 0 Å². The van der Waals surface area contributed by atoms with E-state index < -0.39 is 0 Å². The summed E-state index contributed by atoms with van der Waals surface area (Å²) in [6.07, 6.45) is 0. The van der Waals surface area contributed by atoms with E-state index in [1.165, 1.54) is 0 Å². The van der Waals surface area contributed by atoms with Crippen LogP contribution in [-0.2, 0) is 6.54 Å². The van der Waals surface area contributed by atoms with E-state index in [1.807, 2.05) is 24.3 Å². The van der Waals surface area contributed by atoms with E-state index in [1.54, 1.807) is 7.05 Å². The Bertz CT molecular complexity index is 544. The SMILES string of the molecule is CNc1cc(NCc2cccc(Br)c2)nc(N)n1. The Morgan fingerprint density at radius 2 is 2.00 bits per heavy atom. The Kier molecular flexibility index (Phi) is 3.99. The number of hydrogen-bond donors (Lipinski definition) is 3. The van der Waals surface area contributed by atoms with Crippen molar-refractivity contribution in [2.24, 2.45) is 0 Å². The summed E-state index contributed by atoms with van der Waals surface area (Å²) in [4.78, 5) is 8.15. The summed E-state index contributed by atoms with van der Waals surface area (Å²) in [6, 6.07) is 9.89. The second kappa shape index (κ2) is 5.68. The van der Waals surface area contributed by atoms with Gasteiger partial charge < -0.3 is 16.4 Å². The minimum absolute atomic E-state index is 0.249. The fraction of sp³-hybridized carbons (Fsp3) is 0.167. The average Bonchev–Trinajstić information content (AvgIpc) is 2.36. The third-order valence-corrected chi connectivity index (χ3v) is 2.86. The summed E-state index contributed by atoms with van der Waals surface area (Å²) in [6.45, 7) is 0.680. The molecule has 1 aromatic heterocycles. The topological polar surface area (TPSA) is 75.9 Å². The van der Waals surface area contributed by atoms with Crippen molar-refractivity contribution in [3.05, 3.63) is 40.4 Å². The maximum absolute atomic E-state index is 5.62. The molecule has 1 aromatic carbocycles. The lowest BCUT2D eigenvalue weighted by molar-refractivity contribution is 1.09. The Hall–Kier alpha value is -1.82. The molecule has 2 aromatic rings. The lowest BCUT2D eigenvalue weighted by atomic mass is 10.2. The van der Waals surface area contributed by atoms with Crippen LogP contribution >= 0.6 is 15.9 Å². The number of rotatable bonds is 4. The van der Waals surface area contributed by atoms with Gasteiger partial charge in [-0.25, -0.2) is 0 Å². The molecular weight excluding hydrogens is 294 g/mol. The van der Waals surface area contributed by atoms with Crippen LogP contribution < -0.4 is 16.4 Å². The summed E-state index contributed by atoms with van der Waals surface area (Å²) in [5.41, 5.74) is 6.78. The first-order valence-electron chi connectivity index (χ1n) is 5.48. The van der Waals surface area contributed by atoms with Gasteiger partial charge in [0, 0.05) is 24.1 Å². The number of nitrogens with zero attached hydrogens (tertiary/aromatic N) is 2. The van der Waals surface area contributed by atoms with E-state index in [0.717, 1.165) is 10.0 Å². The van der Waals surface area contributed by atoms with Gasteiger partial charge in [-0.2, -0.15) is 9.97 Å². The van der Waals surface area contributed by atoms with Crippen LogP contribution in [0.2, 0.25) is 0 Å². The van der Waals surface area contributed by atoms with Crippen molar-refractivity contribution in [1.29, 1.82) is 0 Å². The first-order chi connectivity index (χ1) is 8.67. The predicted octanol–water partition coefficient (Wildman–Crippen LogP) is 2.48. The summed E-state index contributed by atoms with van der Waals surface area (Å²) in [5.74, 6) is 1.64. The van der Waals surface area contributed by atoms with Crippen LogP contribution in [0.5, 0.6) is 0 Å². The molecule has 0 saturated carbocycles. The van der Waals surface area contributed by atoms with Gasteiger partial charge in [0.1, 0.15) is 11.6 Å². The standard InChI is InChI=1S/C12H14BrN5/c1-15-10-6-11(18-12(14)17-10)16-7-8-3-2-4-9(13)5-8/h2-6H,7H2,1H3,(H4,14,15,16,17,18). The van der Waals surface area contributed by atoms with E-state index in [0.29, 0.717) is 18.2 Å². The van der Waals surface area contributed by atoms with Crippen molar-refractivity contribution in [2.45, 2.75) is 6.54 Å². The van der Waals surface area contributed by atoms with Gasteiger partial charge in [-0.05, 0) is 17.7 Å². The maximum Gasteiger partial charge on any atom is 0.223 e. The Morgan fingerprint density at radius 1 is 1.22 bits per heavy atom. The van der Waals surface area contributed by atoms with Crippen LogP contribution in [0.3, 0.4) is 0 Å². The van der Waals surface area contributed by atoms with Crippen molar-refractivity contribution in [3.8, 4) is 0 Å². The molecule has 94 valence electrons. The van der Waals surface area contributed by atoms with Crippen molar-refractivity contribution >= 4 is 33.5 Å². The van der Waals surface area contributed by atoms with Crippen molar-refractivity contribution in [2.75, 3.05) is 23.4 Å². The Balaban J connectivity index is 2.08. The third kappa shape index (κ3) is 3.33. The molecule has 2 rings (SSSR count). The zero-order valence-electron chi connectivity index (χ0n) is 9.94. The molecule has 0 aliphatic rings. The summed E-state index contributed by atoms with van der Waals surface area (Å²) in [7, 11) is 1.79. The van der Waals surface area contributed by atoms with Crippen LogP contribution in [0.1, 0.15) is 5.56 Å². The molecule has 0 spiro atoms. The molecule has 0 bridgehead atoms. The van der Waals surface area contributed by atoms with Gasteiger partial charge in [-0.3, -0.25) is 0 Å². The first kappa shape index (κ1) is 12.6. The highest BCUT2D eigenvalue weighted by Crippen LogP contribution is 2.15. The maximum atomic E-state index is 5.62. The largest absolute Gasteiger partial charge is 0.373 e. The number of nitrogen functional groups attached to an aromatic ring is 1. The minimum atomic E-state index is 0.249. The third-order valence-electron chi connectivity index (χ3n) is 2.36. The van der Waals surface area contributed by atoms with Gasteiger partial charge in [0.05, 0.1) is 0 Å². The molecule has 0 radical (unpaired) electrons. The number of nitrogens with two attached hydrogens (primary N) is 1. The molecule has 0 amide bonds. The van der Waals surface area contributed by atoms with E-state index in [-0.39, 0.29) is 5.95 Å². The molecule has 4 N–H and O–H groups in total. The fourth-order valence-electron chi connectivity index (χ4n) is 1.52. The number of nitrogens with one attached hydrogen (secondary N) is 2. The van der Waals surface area contributed by atoms with E-state index in [2.05, 4.69) is 42.6 Å². The van der Waals surface area contributed by atoms with Crippen LogP contribution in [0.15, 0.2) is 34.8 Å². The molecule has 5 nitrogen and oxygen atoms in total. The molecule has 18 heavy (non-hydrogen) atoms. The molecular formula is C12H14BrN5. The smallest absolute Gasteiger partial charge is 0.223 e. The van der Waals surface area contributed by atoms with Gasteiger partial charge in [-0.15, -0.1) is 0 Å². The van der Waals surface area contributed by atoms with Crippen LogP contribution in [-0.4, -0.2) is 17.0 Å². The average molecular weight is 308 g/mol. The second-order valence-corrected chi connectivity index (χ2v) is 4.65. The molecule has 0 atom stereocenters. The molecule has 0 unspecified atom stereocenters. The lowest BCUT2D eigenvalue weighted by Crippen LogP contribution is -2.06. The first-order valence-corrected chi connectivity index (χ1v) is 6.27. The molecule has 0 aliphatic carbocycles. The number of halogens is 1. The molecule has 1 heterocycles. The summed E-state index contributed by atoms with van der Waals surface area (Å²) >= 11 is 3.44. The minimum Gasteiger partial charge on any atom is -0.373 e. The molecule has 0 aliphatic heterocycles. The fourth-order valence-corrected chi connectivity index (χ4v) is 1.97. The lowest BCUT2D eigenvalue weighted by Gasteiger charge is -2.08. The quantitative estimate of drug-likeness (QED) is 0.809. The normalized spacial score (nSPS) is 10.1. The molecule has 0 saturated heterocycles. The monoisotopic (exact) mass is 307 g/mol. The predicted molar refractivity (Wildman–Crippen MR) is 77.5 cm³/mol. The number of aromatic nitrogens is 2. The highest BCUT2D eigenvalue weighted by Gasteiger charge is 2.01. The van der Waals surface area contributed by atoms with Crippen LogP contribution in [0.4, 0.5) is 17.6 Å². The van der Waals surface area contributed by atoms with Gasteiger partial charge in [0.15, 0.2) is 0 Å². The zero-order valence-corrected chi connectivity index (χ0v) is 11.5. The summed E-state index contributed by atoms with van der Waals surface area (Å²) in [5, 5.41) is 6.15. The Morgan fingerprint density at radius 3 is 2.72 bits per heavy atom. The number of benzene rings is 1. The number of hydrogen-bond acceptors (Lipinski definition) is 5. The highest BCUT2D eigenvalue weighted by molar-refractivity contribution is 9.10. The van der Waals surface area contributed by atoms with Crippen molar-refractivity contribution < 1.29 is 0 Å². The Labute approximate surface area is 114 Å². The van der Waals surface area contributed by atoms with Gasteiger partial charge in [0.2, 0.25) is 5.95 Å².